The molecule has 0 N–H and O–H groups in total. The summed E-state index contributed by atoms with van der Waals surface area (Å²) in [5.41, 5.74) is 1.71. The molecule has 1 aliphatic rings. The summed E-state index contributed by atoms with van der Waals surface area (Å²) < 4.78 is 37.4. The molecule has 0 radical (unpaired) electrons. The fraction of sp³-hybridized carbons (Fsp3) is 0.350. The molecule has 0 aromatic heterocycles. The monoisotopic (exact) mass is 455 g/mol. The number of rotatable bonds is 8. The number of nitrogens with zero attached hydrogens (tertiary/aromatic N) is 1. The molecule has 1 heterocycles. The highest BCUT2D eigenvalue weighted by molar-refractivity contribution is 7.99. The van der Waals surface area contributed by atoms with Crippen molar-refractivity contribution in [3.05, 3.63) is 64.7 Å². The lowest BCUT2D eigenvalue weighted by Crippen LogP contribution is -2.40. The Labute approximate surface area is 180 Å². The molecular weight excluding hydrogens is 434 g/mol. The van der Waals surface area contributed by atoms with E-state index in [-0.39, 0.29) is 23.2 Å². The Morgan fingerprint density at radius 1 is 1.10 bits per heavy atom. The number of carbonyl (C=O) groups is 1. The Balaban J connectivity index is 1.49. The Bertz CT molecular complexity index is 928. The topological polar surface area (TPSA) is 72.9 Å². The third kappa shape index (κ3) is 6.45. The first-order valence-corrected chi connectivity index (χ1v) is 12.1. The predicted octanol–water partition coefficient (Wildman–Crippen LogP) is 3.34. The minimum atomic E-state index is -3.57. The molecule has 2 aromatic rings. The average molecular weight is 456 g/mol. The number of benzene rings is 2. The van der Waals surface area contributed by atoms with E-state index in [1.807, 2.05) is 24.3 Å². The van der Waals surface area contributed by atoms with Gasteiger partial charge in [0, 0.05) is 23.9 Å². The lowest BCUT2D eigenvalue weighted by molar-refractivity contribution is -0.141. The molecule has 0 spiro atoms. The number of thioether (sulfide) groups is 1. The molecule has 29 heavy (non-hydrogen) atoms. The van der Waals surface area contributed by atoms with Gasteiger partial charge in [-0.05, 0) is 35.4 Å². The zero-order chi connectivity index (χ0) is 20.7. The third-order valence-corrected chi connectivity index (χ3v) is 7.43. The van der Waals surface area contributed by atoms with E-state index in [1.54, 1.807) is 24.3 Å². The normalized spacial score (nSPS) is 15.2. The van der Waals surface area contributed by atoms with Crippen LogP contribution in [-0.2, 0) is 36.7 Å². The van der Waals surface area contributed by atoms with Gasteiger partial charge in [0.05, 0.1) is 23.9 Å². The largest absolute Gasteiger partial charge is 0.460 e. The van der Waals surface area contributed by atoms with Gasteiger partial charge in [-0.25, -0.2) is 8.42 Å². The van der Waals surface area contributed by atoms with Gasteiger partial charge in [0.25, 0.3) is 0 Å². The van der Waals surface area contributed by atoms with Crippen LogP contribution in [0.2, 0.25) is 5.02 Å². The molecule has 1 aliphatic heterocycles. The summed E-state index contributed by atoms with van der Waals surface area (Å²) in [6, 6.07) is 14.0. The minimum Gasteiger partial charge on any atom is -0.460 e. The highest BCUT2D eigenvalue weighted by atomic mass is 35.5. The molecule has 2 aromatic carbocycles. The molecule has 0 amide bonds. The smallest absolute Gasteiger partial charge is 0.316 e. The first-order valence-electron chi connectivity index (χ1n) is 9.10. The van der Waals surface area contributed by atoms with Gasteiger partial charge in [0.15, 0.2) is 0 Å². The molecule has 9 heteroatoms. The van der Waals surface area contributed by atoms with Crippen LogP contribution in [-0.4, -0.2) is 50.7 Å². The van der Waals surface area contributed by atoms with Crippen LogP contribution in [0.25, 0.3) is 0 Å². The van der Waals surface area contributed by atoms with Crippen molar-refractivity contribution >= 4 is 39.4 Å². The first-order chi connectivity index (χ1) is 13.9. The Hall–Kier alpha value is -1.58. The molecule has 0 aliphatic carbocycles. The summed E-state index contributed by atoms with van der Waals surface area (Å²) in [6.45, 7) is 1.50. The standard InChI is InChI=1S/C20H22ClNO5S2/c21-18-6-4-16(5-7-18)14-28-15-20(23)27-13-17-2-1-3-19(12-17)29(24,25)22-8-10-26-11-9-22/h1-7,12H,8-11,13-15H2. The van der Waals surface area contributed by atoms with E-state index >= 15 is 0 Å². The highest BCUT2D eigenvalue weighted by Crippen LogP contribution is 2.19. The average Bonchev–Trinajstić information content (AvgIpc) is 2.74. The highest BCUT2D eigenvalue weighted by Gasteiger charge is 2.26. The summed E-state index contributed by atoms with van der Waals surface area (Å²) >= 11 is 7.30. The number of hydrogen-bond acceptors (Lipinski definition) is 6. The maximum Gasteiger partial charge on any atom is 0.316 e. The lowest BCUT2D eigenvalue weighted by atomic mass is 10.2. The molecule has 1 saturated heterocycles. The zero-order valence-electron chi connectivity index (χ0n) is 15.8. The maximum atomic E-state index is 12.7. The molecule has 3 rings (SSSR count). The molecule has 6 nitrogen and oxygen atoms in total. The van der Waals surface area contributed by atoms with E-state index in [1.165, 1.54) is 16.1 Å². The van der Waals surface area contributed by atoms with E-state index in [4.69, 9.17) is 21.1 Å². The van der Waals surface area contributed by atoms with Crippen LogP contribution in [0.4, 0.5) is 0 Å². The number of carbonyl (C=O) groups excluding carboxylic acids is 1. The summed E-state index contributed by atoms with van der Waals surface area (Å²) in [5.74, 6) is 0.555. The van der Waals surface area contributed by atoms with Gasteiger partial charge >= 0.3 is 5.97 Å². The van der Waals surface area contributed by atoms with Crippen LogP contribution >= 0.6 is 23.4 Å². The molecule has 0 unspecified atom stereocenters. The van der Waals surface area contributed by atoms with Gasteiger partial charge in [-0.15, -0.1) is 11.8 Å². The molecule has 0 atom stereocenters. The minimum absolute atomic E-state index is 0.0345. The van der Waals surface area contributed by atoms with Crippen LogP contribution in [0, 0.1) is 0 Å². The van der Waals surface area contributed by atoms with Crippen molar-refractivity contribution in [2.45, 2.75) is 17.3 Å². The van der Waals surface area contributed by atoms with Gasteiger partial charge < -0.3 is 9.47 Å². The fourth-order valence-corrected chi connectivity index (χ4v) is 5.16. The van der Waals surface area contributed by atoms with Gasteiger partial charge in [-0.3, -0.25) is 4.79 Å². The Morgan fingerprint density at radius 3 is 2.55 bits per heavy atom. The number of esters is 1. The number of sulfonamides is 1. The third-order valence-electron chi connectivity index (χ3n) is 4.31. The summed E-state index contributed by atoms with van der Waals surface area (Å²) in [7, 11) is -3.57. The summed E-state index contributed by atoms with van der Waals surface area (Å²) in [6.07, 6.45) is 0. The van der Waals surface area contributed by atoms with Crippen LogP contribution in [0.1, 0.15) is 11.1 Å². The molecular formula is C20H22ClNO5S2. The van der Waals surface area contributed by atoms with Crippen LogP contribution in [0.5, 0.6) is 0 Å². The van der Waals surface area contributed by atoms with Crippen molar-refractivity contribution in [2.75, 3.05) is 32.1 Å². The quantitative estimate of drug-likeness (QED) is 0.568. The predicted molar refractivity (Wildman–Crippen MR) is 113 cm³/mol. The van der Waals surface area contributed by atoms with E-state index in [9.17, 15) is 13.2 Å². The molecule has 1 fully saturated rings. The number of morpholine rings is 1. The fourth-order valence-electron chi connectivity index (χ4n) is 2.77. The number of hydrogen-bond donors (Lipinski definition) is 0. The van der Waals surface area contributed by atoms with E-state index in [2.05, 4.69) is 0 Å². The van der Waals surface area contributed by atoms with Crippen LogP contribution in [0.3, 0.4) is 0 Å². The Kier molecular flexibility index (Phi) is 7.97. The van der Waals surface area contributed by atoms with Gasteiger partial charge in [0.1, 0.15) is 6.61 Å². The van der Waals surface area contributed by atoms with Crippen molar-refractivity contribution in [3.8, 4) is 0 Å². The van der Waals surface area contributed by atoms with E-state index in [0.717, 1.165) is 5.56 Å². The SMILES string of the molecule is O=C(CSCc1ccc(Cl)cc1)OCc1cccc(S(=O)(=O)N2CCOCC2)c1. The van der Waals surface area contributed by atoms with Crippen molar-refractivity contribution in [1.82, 2.24) is 4.31 Å². The second-order valence-corrected chi connectivity index (χ2v) is 9.80. The first kappa shape index (κ1) is 22.1. The summed E-state index contributed by atoms with van der Waals surface area (Å²) in [4.78, 5) is 12.2. The summed E-state index contributed by atoms with van der Waals surface area (Å²) in [5, 5.41) is 0.677. The van der Waals surface area contributed by atoms with Crippen molar-refractivity contribution < 1.29 is 22.7 Å². The zero-order valence-corrected chi connectivity index (χ0v) is 18.1. The molecule has 0 bridgehead atoms. The van der Waals surface area contributed by atoms with Gasteiger partial charge in [-0.1, -0.05) is 35.9 Å². The number of ether oxygens (including phenoxy) is 2. The maximum absolute atomic E-state index is 12.7. The Morgan fingerprint density at radius 2 is 1.83 bits per heavy atom. The van der Waals surface area contributed by atoms with Crippen molar-refractivity contribution in [3.63, 3.8) is 0 Å². The van der Waals surface area contributed by atoms with Crippen LogP contribution < -0.4 is 0 Å². The van der Waals surface area contributed by atoms with Crippen molar-refractivity contribution in [2.24, 2.45) is 0 Å². The second-order valence-electron chi connectivity index (χ2n) is 6.44. The van der Waals surface area contributed by atoms with Crippen LogP contribution in [0.15, 0.2) is 53.4 Å². The van der Waals surface area contributed by atoms with Gasteiger partial charge in [-0.2, -0.15) is 4.31 Å². The van der Waals surface area contributed by atoms with E-state index in [0.29, 0.717) is 42.6 Å². The second kappa shape index (κ2) is 10.4. The lowest BCUT2D eigenvalue weighted by Gasteiger charge is -2.26. The van der Waals surface area contributed by atoms with Gasteiger partial charge in [0.2, 0.25) is 10.0 Å². The molecule has 0 saturated carbocycles. The van der Waals surface area contributed by atoms with Crippen molar-refractivity contribution in [1.29, 1.82) is 0 Å². The molecule has 156 valence electrons. The number of halogens is 1. The van der Waals surface area contributed by atoms with E-state index < -0.39 is 10.0 Å².